The maximum absolute atomic E-state index is 15.1. The monoisotopic (exact) mass is 929 g/mol. The number of non-ortho nitro benzene ring substituents is 1. The summed E-state index contributed by atoms with van der Waals surface area (Å²) in [4.78, 5) is 45.7. The molecule has 0 aromatic heterocycles. The normalized spacial score (nSPS) is 22.4. The number of ether oxygens (including phenoxy) is 3. The minimum absolute atomic E-state index is 0.00395. The Balaban J connectivity index is 1.47. The molecule has 1 saturated carbocycles. The van der Waals surface area contributed by atoms with Crippen molar-refractivity contribution in [1.82, 2.24) is 4.90 Å². The van der Waals surface area contributed by atoms with Crippen molar-refractivity contribution in [3.8, 4) is 17.2 Å². The number of aldehydes is 1. The number of rotatable bonds is 21. The van der Waals surface area contributed by atoms with E-state index in [9.17, 15) is 29.5 Å². The Morgan fingerprint density at radius 2 is 1.69 bits per heavy atom. The number of aliphatic hydroxyl groups is 2. The van der Waals surface area contributed by atoms with Crippen LogP contribution in [0.1, 0.15) is 98.7 Å². The van der Waals surface area contributed by atoms with Crippen molar-refractivity contribution in [2.24, 2.45) is 22.9 Å². The molecule has 1 amide bonds. The van der Waals surface area contributed by atoms with Crippen LogP contribution in [-0.4, -0.2) is 75.2 Å². The molecule has 7 rings (SSSR count). The Labute approximate surface area is 396 Å². The minimum atomic E-state index is -1.60. The largest absolute Gasteiger partial charge is 0.459 e. The van der Waals surface area contributed by atoms with E-state index in [1.807, 2.05) is 32.9 Å². The van der Waals surface area contributed by atoms with Gasteiger partial charge in [0.1, 0.15) is 41.0 Å². The first-order chi connectivity index (χ1) is 32.8. The molecule has 13 nitrogen and oxygen atoms in total. The maximum atomic E-state index is 15.1. The van der Waals surface area contributed by atoms with Crippen LogP contribution in [-0.2, 0) is 20.9 Å². The molecule has 1 aliphatic heterocycles. The molecule has 358 valence electrons. The van der Waals surface area contributed by atoms with Gasteiger partial charge in [0, 0.05) is 61.4 Å². The van der Waals surface area contributed by atoms with Gasteiger partial charge in [0.15, 0.2) is 0 Å². The summed E-state index contributed by atoms with van der Waals surface area (Å²) in [6.07, 6.45) is 11.9. The molecule has 0 radical (unpaired) electrons. The van der Waals surface area contributed by atoms with E-state index >= 15 is 4.79 Å². The molecule has 4 aromatic carbocycles. The van der Waals surface area contributed by atoms with Crippen molar-refractivity contribution in [3.05, 3.63) is 160 Å². The Morgan fingerprint density at radius 3 is 2.37 bits per heavy atom. The Kier molecular flexibility index (Phi) is 16.1. The van der Waals surface area contributed by atoms with Crippen LogP contribution in [0, 0.1) is 33.7 Å². The van der Waals surface area contributed by atoms with Gasteiger partial charge in [-0.15, -0.1) is 6.58 Å². The molecule has 0 unspecified atom stereocenters. The quantitative estimate of drug-likeness (QED) is 0.0205. The topological polar surface area (TPSA) is 170 Å². The molecular formula is C54H60FN3O10. The van der Waals surface area contributed by atoms with Gasteiger partial charge < -0.3 is 34.2 Å². The van der Waals surface area contributed by atoms with Crippen LogP contribution in [0.4, 0.5) is 10.1 Å². The van der Waals surface area contributed by atoms with Crippen molar-refractivity contribution >= 4 is 29.7 Å². The number of aliphatic hydroxyl groups excluding tert-OH is 2. The predicted octanol–water partition coefficient (Wildman–Crippen LogP) is 10.5. The van der Waals surface area contributed by atoms with Gasteiger partial charge in [-0.25, -0.2) is 4.39 Å². The standard InChI is InChI=1S/C54H60FN3O10/c1-5-29-65-54-49(57(34-37-15-20-40(55)21-16-37)50(62)26-19-36-17-22-41(23-18-36)58(63)64)33-47(56-68-53(2,3)4)45-31-39(12-6-8-27-59)44(14-7-9-28-60)51(52(45)54)46-32-43(24-25-48(46)67-54)66-42-13-10-11-38(30-42)35-61/h5,10-11,13,15-26,30-32,35,39,44,49,51-52,59-60H,1,6-9,12,14,27-29,33-34H2,2-4H3/t39-,44+,49-,51+,52+,54+/m0/s1. The van der Waals surface area contributed by atoms with Crippen molar-refractivity contribution in [1.29, 1.82) is 0 Å². The second-order valence-electron chi connectivity index (χ2n) is 18.5. The zero-order valence-electron chi connectivity index (χ0n) is 38.8. The van der Waals surface area contributed by atoms with Gasteiger partial charge in [0.2, 0.25) is 11.7 Å². The predicted molar refractivity (Wildman–Crippen MR) is 257 cm³/mol. The molecule has 14 heteroatoms. The van der Waals surface area contributed by atoms with Gasteiger partial charge in [-0.05, 0) is 136 Å². The first kappa shape index (κ1) is 49.4. The van der Waals surface area contributed by atoms with Gasteiger partial charge in [0.05, 0.1) is 23.2 Å². The zero-order chi connectivity index (χ0) is 48.4. The van der Waals surface area contributed by atoms with E-state index in [1.165, 1.54) is 30.3 Å². The molecule has 68 heavy (non-hydrogen) atoms. The number of amides is 1. The molecule has 1 fully saturated rings. The summed E-state index contributed by atoms with van der Waals surface area (Å²) in [6.45, 7) is 9.85. The van der Waals surface area contributed by atoms with Crippen LogP contribution in [0.15, 0.2) is 127 Å². The van der Waals surface area contributed by atoms with Gasteiger partial charge >= 0.3 is 0 Å². The van der Waals surface area contributed by atoms with Gasteiger partial charge in [-0.3, -0.25) is 19.7 Å². The van der Waals surface area contributed by atoms with E-state index < -0.39 is 40.0 Å². The van der Waals surface area contributed by atoms with Gasteiger partial charge in [-0.1, -0.05) is 54.4 Å². The Bertz CT molecular complexity index is 2520. The van der Waals surface area contributed by atoms with Crippen LogP contribution >= 0.6 is 0 Å². The molecule has 0 saturated heterocycles. The van der Waals surface area contributed by atoms with E-state index in [0.717, 1.165) is 36.7 Å². The van der Waals surface area contributed by atoms with Crippen LogP contribution in [0.3, 0.4) is 0 Å². The lowest BCUT2D eigenvalue weighted by Crippen LogP contribution is -2.70. The smallest absolute Gasteiger partial charge is 0.269 e. The average molecular weight is 930 g/mol. The molecule has 6 atom stereocenters. The second kappa shape index (κ2) is 22.1. The van der Waals surface area contributed by atoms with Crippen molar-refractivity contribution in [3.63, 3.8) is 0 Å². The van der Waals surface area contributed by atoms with E-state index in [-0.39, 0.29) is 56.2 Å². The number of carbonyl (C=O) groups is 2. The number of nitro benzene ring substituents is 1. The van der Waals surface area contributed by atoms with Crippen LogP contribution < -0.4 is 9.47 Å². The summed E-state index contributed by atoms with van der Waals surface area (Å²) >= 11 is 0. The summed E-state index contributed by atoms with van der Waals surface area (Å²) in [5, 5.41) is 36.3. The van der Waals surface area contributed by atoms with E-state index in [2.05, 4.69) is 12.7 Å². The highest BCUT2D eigenvalue weighted by molar-refractivity contribution is 6.03. The Morgan fingerprint density at radius 1 is 0.971 bits per heavy atom. The Hall–Kier alpha value is -6.48. The van der Waals surface area contributed by atoms with Crippen LogP contribution in [0.5, 0.6) is 17.2 Å². The highest BCUT2D eigenvalue weighted by atomic mass is 19.1. The fourth-order valence-corrected chi connectivity index (χ4v) is 9.79. The molecule has 3 aliphatic rings. The third-order valence-electron chi connectivity index (χ3n) is 12.8. The fraction of sp³-hybridized carbons (Fsp3) is 0.389. The summed E-state index contributed by atoms with van der Waals surface area (Å²) in [7, 11) is 0. The van der Waals surface area contributed by atoms with Crippen molar-refractivity contribution < 1.29 is 48.2 Å². The molecule has 2 aliphatic carbocycles. The number of nitro groups is 1. The summed E-state index contributed by atoms with van der Waals surface area (Å²) in [5.74, 6) is -2.04. The maximum Gasteiger partial charge on any atom is 0.269 e. The van der Waals surface area contributed by atoms with E-state index in [0.29, 0.717) is 58.9 Å². The first-order valence-electron chi connectivity index (χ1n) is 23.2. The number of allylic oxidation sites excluding steroid dienone is 1. The number of carbonyl (C=O) groups excluding carboxylic acids is 2. The summed E-state index contributed by atoms with van der Waals surface area (Å²) < 4.78 is 35.4. The van der Waals surface area contributed by atoms with Gasteiger partial charge in [0.25, 0.3) is 5.69 Å². The first-order valence-corrected chi connectivity index (χ1v) is 23.2. The number of hydrogen-bond donors (Lipinski definition) is 2. The molecule has 4 aromatic rings. The lowest BCUT2D eigenvalue weighted by Gasteiger charge is -2.60. The van der Waals surface area contributed by atoms with Crippen molar-refractivity contribution in [2.45, 2.75) is 95.6 Å². The summed E-state index contributed by atoms with van der Waals surface area (Å²) in [5.41, 5.74) is 3.16. The zero-order valence-corrected chi connectivity index (χ0v) is 38.8. The average Bonchev–Trinajstić information content (AvgIpc) is 3.33. The number of hydrogen-bond acceptors (Lipinski definition) is 11. The van der Waals surface area contributed by atoms with Gasteiger partial charge in [-0.2, -0.15) is 0 Å². The number of fused-ring (bicyclic) bond motifs is 2. The number of nitrogens with zero attached hydrogens (tertiary/aromatic N) is 3. The minimum Gasteiger partial charge on any atom is -0.459 e. The number of unbranched alkanes of at least 4 members (excludes halogenated alkanes) is 2. The van der Waals surface area contributed by atoms with E-state index in [1.54, 1.807) is 71.6 Å². The fourth-order valence-electron chi connectivity index (χ4n) is 9.79. The highest BCUT2D eigenvalue weighted by Gasteiger charge is 2.65. The lowest BCUT2D eigenvalue weighted by atomic mass is 9.55. The number of benzene rings is 4. The molecular weight excluding hydrogens is 870 g/mol. The van der Waals surface area contributed by atoms with E-state index in [4.69, 9.17) is 24.2 Å². The van der Waals surface area contributed by atoms with Crippen molar-refractivity contribution in [2.75, 3.05) is 19.8 Å². The van der Waals surface area contributed by atoms with Crippen LogP contribution in [0.25, 0.3) is 6.08 Å². The molecule has 0 spiro atoms. The third kappa shape index (κ3) is 11.4. The van der Waals surface area contributed by atoms with Crippen LogP contribution in [0.2, 0.25) is 0 Å². The number of halogens is 1. The number of oxime groups is 1. The second-order valence-corrected chi connectivity index (χ2v) is 18.5. The molecule has 0 bridgehead atoms. The molecule has 1 heterocycles. The summed E-state index contributed by atoms with van der Waals surface area (Å²) in [6, 6.07) is 23.4. The highest BCUT2D eigenvalue weighted by Crippen LogP contribution is 2.62. The SMILES string of the molecule is C=CCO[C@@]12Oc3ccc(Oc4cccc(C=O)c4)cc3[C@H]3[C@H](CCCCO)[C@@H](CCCCO)C=C(C(=NOC(C)(C)C)C[C@@H]1N(Cc1ccc(F)cc1)C(=O)C=Cc1ccc([N+](=O)[O-])cc1)[C@H]32. The lowest BCUT2D eigenvalue weighted by molar-refractivity contribution is -0.384. The molecule has 2 N–H and O–H groups in total. The third-order valence-corrected chi connectivity index (χ3v) is 12.8.